The number of carboxylic acids is 7. The maximum Gasteiger partial charge on any atom is 0.320 e. The van der Waals surface area contributed by atoms with Gasteiger partial charge in [-0.3, -0.25) is 33.6 Å². The van der Waals surface area contributed by atoms with Crippen LogP contribution in [-0.2, 0) is 172 Å². The Morgan fingerprint density at radius 2 is 0.533 bits per heavy atom. The summed E-state index contributed by atoms with van der Waals surface area (Å²) in [5.41, 5.74) is 51.0. The Bertz CT molecular complexity index is 4210. The quantitative estimate of drug-likeness (QED) is 0.0128. The summed E-state index contributed by atoms with van der Waals surface area (Å²) in [6, 6.07) is 48.5. The Labute approximate surface area is 791 Å². The van der Waals surface area contributed by atoms with Crippen LogP contribution in [0.2, 0.25) is 0 Å². The molecule has 135 heavy (non-hydrogen) atoms. The lowest BCUT2D eigenvalue weighted by Gasteiger charge is -2.12. The lowest BCUT2D eigenvalue weighted by Crippen LogP contribution is -2.32. The highest BCUT2D eigenvalue weighted by Gasteiger charge is 2.25. The largest absolute Gasteiger partial charge is 0.488 e. The molecule has 14 rings (SSSR count). The number of rotatable bonds is 44. The maximum atomic E-state index is 10.7. The van der Waals surface area contributed by atoms with Gasteiger partial charge >= 0.3 is 41.8 Å². The van der Waals surface area contributed by atoms with Crippen LogP contribution < -0.4 is 44.9 Å². The molecule has 0 radical (unpaired) electrons. The van der Waals surface area contributed by atoms with Crippen LogP contribution in [0, 0.1) is 0 Å². The standard InChI is InChI=1S/C16H23NO4.C16H23NO3.2C14H19NO4.C13H17NO5.C13H17NO4S.C13H17NO4/c17-14(16(18)19)11-13-7-5-12(6-8-13)3-1-2-4-15-20-9-10-21-15;17-15(16(18)19)11-13-8-6-12(7-9-13)3-1-4-14-5-2-10-20-14;2*15-12(14(16)17)9-11-3-1-10(2-4-11)5-6-13-18-7-8-19-13;2*14-11(13(15)16)7-9-1-3-10(4-2-9)19-8-12-17-5-6-18-12;14-11(13(15)16)7-9-1-3-10(4-2-9)8-12-17-5-6-18-12/h5-8,14-15H,1-4,9-11,17H2,(H,18,19);6-9,14-15H,1-5,10-11,17H2,(H,18,19);2*1-4,12-13H,5-9,15H2,(H,16,17);2*1-4,11-12H,5-8,14H2,(H,15,16);1-4,11-12H,5-8,14H2,(H,15,16). The lowest BCUT2D eigenvalue weighted by molar-refractivity contribution is -0.139. The number of nitrogens with two attached hydrogens (primary N) is 7. The molecule has 0 bridgehead atoms. The number of unbranched alkanes of at least 4 members (excludes halogenated alkanes) is 1. The monoisotopic (exact) mass is 1900 g/mol. The summed E-state index contributed by atoms with van der Waals surface area (Å²) in [4.78, 5) is 75.8. The molecular weight excluding hydrogens is 1770 g/mol. The van der Waals surface area contributed by atoms with Crippen molar-refractivity contribution in [3.63, 3.8) is 0 Å². The van der Waals surface area contributed by atoms with E-state index in [0.717, 1.165) is 132 Å². The molecule has 8 atom stereocenters. The molecule has 7 aromatic rings. The molecule has 0 amide bonds. The van der Waals surface area contributed by atoms with Gasteiger partial charge in [-0.25, -0.2) is 0 Å². The molecule has 7 fully saturated rings. The number of carbonyl (C=O) groups is 7. The van der Waals surface area contributed by atoms with Gasteiger partial charge in [-0.15, -0.1) is 11.8 Å². The molecule has 0 saturated carbocycles. The van der Waals surface area contributed by atoms with E-state index < -0.39 is 84.1 Å². The first-order valence-corrected chi connectivity index (χ1v) is 46.8. The molecule has 0 spiro atoms. The van der Waals surface area contributed by atoms with Gasteiger partial charge in [0.25, 0.3) is 0 Å². The van der Waals surface area contributed by atoms with Gasteiger partial charge in [0, 0.05) is 36.5 Å². The van der Waals surface area contributed by atoms with Crippen LogP contribution >= 0.6 is 11.8 Å². The molecular formula is C99H135N7O28S. The second-order valence-electron chi connectivity index (χ2n) is 33.1. The van der Waals surface area contributed by atoms with E-state index in [1.807, 2.05) is 133 Å². The fraction of sp³-hybridized carbons (Fsp3) is 0.505. The Balaban J connectivity index is 0.000000194. The summed E-state index contributed by atoms with van der Waals surface area (Å²) in [5, 5.41) is 61.3. The fourth-order valence-electron chi connectivity index (χ4n) is 14.4. The summed E-state index contributed by atoms with van der Waals surface area (Å²) < 4.78 is 75.3. The fourth-order valence-corrected chi connectivity index (χ4v) is 15.3. The van der Waals surface area contributed by atoms with E-state index in [1.165, 1.54) is 35.1 Å². The highest BCUT2D eigenvalue weighted by molar-refractivity contribution is 7.99. The summed E-state index contributed by atoms with van der Waals surface area (Å²) >= 11 is 1.65. The molecule has 7 aliphatic heterocycles. The highest BCUT2D eigenvalue weighted by atomic mass is 32.2. The van der Waals surface area contributed by atoms with E-state index in [0.29, 0.717) is 149 Å². The van der Waals surface area contributed by atoms with Crippen molar-refractivity contribution in [2.45, 2.75) is 226 Å². The minimum absolute atomic E-state index is 0.00937. The molecule has 8 unspecified atom stereocenters. The summed E-state index contributed by atoms with van der Waals surface area (Å²) in [6.45, 7) is 9.22. The number of thioether (sulfide) groups is 1. The SMILES string of the molecule is NC(Cc1ccc(CC2OCCO2)cc1)C(=O)O.NC(Cc1ccc(CCC2OCCO2)cc1)C(=O)O.NC(Cc1ccc(CCC2OCCO2)cc1)C(=O)O.NC(Cc1ccc(CCCC2CCCO2)cc1)C(=O)O.NC(Cc1ccc(CCCCC2OCCO2)cc1)C(=O)O.NC(Cc1ccc(OCC2OCCO2)cc1)C(=O)O.NC(Cc1ccc(SCC2OCCO2)cc1)C(=O)O. The topological polar surface area (TPSA) is 572 Å². The molecule has 36 heteroatoms. The molecule has 35 nitrogen and oxygen atoms in total. The zero-order valence-electron chi connectivity index (χ0n) is 76.4. The van der Waals surface area contributed by atoms with Crippen molar-refractivity contribution in [2.75, 3.05) is 98.2 Å². The third-order valence-corrected chi connectivity index (χ3v) is 23.2. The third-order valence-electron chi connectivity index (χ3n) is 22.2. The predicted molar refractivity (Wildman–Crippen MR) is 500 cm³/mol. The average Bonchev–Trinajstić information content (AvgIpc) is 1.81. The molecule has 7 aliphatic rings. The molecule has 0 aliphatic carbocycles. The van der Waals surface area contributed by atoms with Gasteiger partial charge in [-0.2, -0.15) is 0 Å². The van der Waals surface area contributed by atoms with Crippen LogP contribution in [0.15, 0.2) is 175 Å². The van der Waals surface area contributed by atoms with Gasteiger partial charge in [-0.1, -0.05) is 146 Å². The third kappa shape index (κ3) is 45.3. The second-order valence-corrected chi connectivity index (χ2v) is 34.2. The predicted octanol–water partition coefficient (Wildman–Crippen LogP) is 7.82. The van der Waals surface area contributed by atoms with Crippen LogP contribution in [-0.4, -0.2) is 262 Å². The maximum absolute atomic E-state index is 10.7. The van der Waals surface area contributed by atoms with Crippen molar-refractivity contribution < 1.29 is 136 Å². The average molecular weight is 1900 g/mol. The van der Waals surface area contributed by atoms with Crippen molar-refractivity contribution in [2.24, 2.45) is 40.1 Å². The van der Waals surface area contributed by atoms with Crippen LogP contribution in [0.4, 0.5) is 0 Å². The van der Waals surface area contributed by atoms with Gasteiger partial charge in [-0.05, 0) is 207 Å². The summed E-state index contributed by atoms with van der Waals surface area (Å²) in [5.74, 6) is -5.38. The Morgan fingerprint density at radius 3 is 0.844 bits per heavy atom. The van der Waals surface area contributed by atoms with Gasteiger partial charge < -0.3 is 142 Å². The van der Waals surface area contributed by atoms with E-state index in [9.17, 15) is 33.6 Å². The minimum atomic E-state index is -1.00. The number of hydrogen-bond acceptors (Lipinski definition) is 29. The van der Waals surface area contributed by atoms with Crippen LogP contribution in [0.25, 0.3) is 0 Å². The van der Waals surface area contributed by atoms with Crippen molar-refractivity contribution in [1.82, 2.24) is 0 Å². The first kappa shape index (κ1) is 110. The molecule has 21 N–H and O–H groups in total. The smallest absolute Gasteiger partial charge is 0.320 e. The molecule has 7 aromatic carbocycles. The zero-order valence-corrected chi connectivity index (χ0v) is 77.2. The van der Waals surface area contributed by atoms with E-state index in [4.69, 9.17) is 142 Å². The first-order chi connectivity index (χ1) is 65.0. The number of carboxylic acid groups (broad SMARTS) is 7. The molecule has 740 valence electrons. The van der Waals surface area contributed by atoms with Crippen molar-refractivity contribution in [3.8, 4) is 5.75 Å². The van der Waals surface area contributed by atoms with Gasteiger partial charge in [0.05, 0.1) is 85.4 Å². The number of aryl methyl sites for hydroxylation is 4. The van der Waals surface area contributed by atoms with Crippen molar-refractivity contribution in [1.29, 1.82) is 0 Å². The Hall–Kier alpha value is -9.82. The van der Waals surface area contributed by atoms with Gasteiger partial charge in [0.1, 0.15) is 54.6 Å². The summed E-state index contributed by atoms with van der Waals surface area (Å²) in [6.07, 6.45) is 16.1. The number of benzene rings is 7. The minimum Gasteiger partial charge on any atom is -0.488 e. The van der Waals surface area contributed by atoms with E-state index in [-0.39, 0.29) is 37.7 Å². The Morgan fingerprint density at radius 1 is 0.274 bits per heavy atom. The van der Waals surface area contributed by atoms with Crippen molar-refractivity contribution in [3.05, 3.63) is 237 Å². The highest BCUT2D eigenvalue weighted by Crippen LogP contribution is 2.26. The second kappa shape index (κ2) is 62.1. The molecule has 7 saturated heterocycles. The first-order valence-electron chi connectivity index (χ1n) is 45.8. The van der Waals surface area contributed by atoms with Crippen LogP contribution in [0.3, 0.4) is 0 Å². The zero-order chi connectivity index (χ0) is 97.1. The van der Waals surface area contributed by atoms with E-state index in [2.05, 4.69) is 12.1 Å². The normalized spacial score (nSPS) is 17.8. The van der Waals surface area contributed by atoms with E-state index in [1.54, 1.807) is 36.0 Å². The molecule has 7 heterocycles. The number of hydrogen-bond donors (Lipinski definition) is 14. The summed E-state index contributed by atoms with van der Waals surface area (Å²) in [7, 11) is 0. The lowest BCUT2D eigenvalue weighted by atomic mass is 10.0. The van der Waals surface area contributed by atoms with Crippen LogP contribution in [0.1, 0.15) is 125 Å². The molecule has 0 aromatic heterocycles. The van der Waals surface area contributed by atoms with Crippen molar-refractivity contribution >= 4 is 53.5 Å². The number of ether oxygens (including phenoxy) is 14. The van der Waals surface area contributed by atoms with Gasteiger partial charge in [0.15, 0.2) is 37.7 Å². The number of aliphatic carboxylic acids is 7. The van der Waals surface area contributed by atoms with E-state index >= 15 is 0 Å². The Kier molecular flexibility index (Phi) is 50.8. The van der Waals surface area contributed by atoms with Crippen LogP contribution in [0.5, 0.6) is 5.75 Å². The van der Waals surface area contributed by atoms with Gasteiger partial charge in [0.2, 0.25) is 0 Å².